The highest BCUT2D eigenvalue weighted by Crippen LogP contribution is 2.33. The number of esters is 1. The van der Waals surface area contributed by atoms with E-state index in [0.29, 0.717) is 29.3 Å². The number of H-pyrrole nitrogens is 1. The second-order valence-corrected chi connectivity index (χ2v) is 7.86. The Balaban J connectivity index is 1.69. The molecular formula is C21H23N3O4S. The molecule has 29 heavy (non-hydrogen) atoms. The second kappa shape index (κ2) is 8.24. The van der Waals surface area contributed by atoms with E-state index in [1.54, 1.807) is 7.11 Å². The van der Waals surface area contributed by atoms with Crippen molar-refractivity contribution in [2.24, 2.45) is 5.92 Å². The third-order valence-corrected chi connectivity index (χ3v) is 6.12. The van der Waals surface area contributed by atoms with Gasteiger partial charge in [0.15, 0.2) is 0 Å². The SMILES string of the molecule is CCOC(=O)[C@H]1CCCN(c2nc3c(-c4ccc(OC)cc4)csc3c(=O)[nH]2)C1. The fraction of sp³-hybridized carbons (Fsp3) is 0.381. The summed E-state index contributed by atoms with van der Waals surface area (Å²) in [5, 5.41) is 1.95. The van der Waals surface area contributed by atoms with E-state index >= 15 is 0 Å². The van der Waals surface area contributed by atoms with Gasteiger partial charge in [0.2, 0.25) is 5.95 Å². The van der Waals surface area contributed by atoms with Crippen LogP contribution in [0.5, 0.6) is 5.75 Å². The molecule has 7 nitrogen and oxygen atoms in total. The summed E-state index contributed by atoms with van der Waals surface area (Å²) < 4.78 is 11.0. The molecule has 1 aliphatic rings. The second-order valence-electron chi connectivity index (χ2n) is 6.98. The van der Waals surface area contributed by atoms with Crippen LogP contribution in [0.25, 0.3) is 21.3 Å². The molecule has 2 aromatic heterocycles. The van der Waals surface area contributed by atoms with Crippen LogP contribution in [-0.4, -0.2) is 42.7 Å². The number of benzene rings is 1. The van der Waals surface area contributed by atoms with Crippen molar-refractivity contribution in [2.75, 3.05) is 31.7 Å². The van der Waals surface area contributed by atoms with Crippen LogP contribution in [0.1, 0.15) is 19.8 Å². The Labute approximate surface area is 172 Å². The van der Waals surface area contributed by atoms with E-state index < -0.39 is 0 Å². The molecule has 1 aromatic carbocycles. The van der Waals surface area contributed by atoms with Crippen molar-refractivity contribution >= 4 is 33.5 Å². The molecule has 152 valence electrons. The maximum atomic E-state index is 12.7. The molecular weight excluding hydrogens is 390 g/mol. The molecule has 1 N–H and O–H groups in total. The van der Waals surface area contributed by atoms with Crippen molar-refractivity contribution in [3.63, 3.8) is 0 Å². The van der Waals surface area contributed by atoms with Crippen LogP contribution in [0.15, 0.2) is 34.4 Å². The summed E-state index contributed by atoms with van der Waals surface area (Å²) >= 11 is 1.38. The summed E-state index contributed by atoms with van der Waals surface area (Å²) in [6, 6.07) is 7.70. The highest BCUT2D eigenvalue weighted by Gasteiger charge is 2.28. The van der Waals surface area contributed by atoms with Crippen molar-refractivity contribution in [3.05, 3.63) is 40.0 Å². The summed E-state index contributed by atoms with van der Waals surface area (Å²) in [5.41, 5.74) is 2.41. The lowest BCUT2D eigenvalue weighted by Crippen LogP contribution is -2.40. The lowest BCUT2D eigenvalue weighted by Gasteiger charge is -2.31. The van der Waals surface area contributed by atoms with Crippen molar-refractivity contribution in [1.29, 1.82) is 0 Å². The van der Waals surface area contributed by atoms with Gasteiger partial charge in [-0.1, -0.05) is 12.1 Å². The van der Waals surface area contributed by atoms with Gasteiger partial charge in [-0.3, -0.25) is 14.6 Å². The topological polar surface area (TPSA) is 84.5 Å². The van der Waals surface area contributed by atoms with Gasteiger partial charge >= 0.3 is 5.97 Å². The number of rotatable bonds is 5. The van der Waals surface area contributed by atoms with Crippen LogP contribution in [0, 0.1) is 5.92 Å². The predicted molar refractivity (Wildman–Crippen MR) is 114 cm³/mol. The standard InChI is InChI=1S/C21H23N3O4S/c1-3-28-20(26)14-5-4-10-24(11-14)21-22-17-16(12-29-18(17)19(25)23-21)13-6-8-15(27-2)9-7-13/h6-9,12,14H,3-5,10-11H2,1-2H3,(H,22,23,25)/t14-/m0/s1. The maximum Gasteiger partial charge on any atom is 0.310 e. The maximum absolute atomic E-state index is 12.7. The summed E-state index contributed by atoms with van der Waals surface area (Å²) in [5.74, 6) is 0.895. The number of hydrogen-bond donors (Lipinski definition) is 1. The number of hydrogen-bond acceptors (Lipinski definition) is 7. The molecule has 0 saturated carbocycles. The molecule has 1 atom stereocenters. The molecule has 0 bridgehead atoms. The molecule has 4 rings (SSSR count). The van der Waals surface area contributed by atoms with E-state index in [9.17, 15) is 9.59 Å². The number of piperidine rings is 1. The van der Waals surface area contributed by atoms with E-state index in [1.807, 2.05) is 41.5 Å². The van der Waals surface area contributed by atoms with Gasteiger partial charge in [0, 0.05) is 24.0 Å². The molecule has 0 radical (unpaired) electrons. The number of fused-ring (bicyclic) bond motifs is 1. The summed E-state index contributed by atoms with van der Waals surface area (Å²) in [6.07, 6.45) is 1.64. The van der Waals surface area contributed by atoms with Gasteiger partial charge < -0.3 is 14.4 Å². The van der Waals surface area contributed by atoms with E-state index in [1.165, 1.54) is 11.3 Å². The van der Waals surface area contributed by atoms with E-state index in [-0.39, 0.29) is 17.4 Å². The fourth-order valence-corrected chi connectivity index (χ4v) is 4.57. The van der Waals surface area contributed by atoms with Crippen molar-refractivity contribution in [3.8, 4) is 16.9 Å². The van der Waals surface area contributed by atoms with Gasteiger partial charge in [-0.25, -0.2) is 4.98 Å². The number of carbonyl (C=O) groups is 1. The molecule has 3 aromatic rings. The number of aromatic amines is 1. The van der Waals surface area contributed by atoms with Gasteiger partial charge in [-0.05, 0) is 37.5 Å². The molecule has 8 heteroatoms. The molecule has 1 fully saturated rings. The van der Waals surface area contributed by atoms with Gasteiger partial charge in [-0.2, -0.15) is 0 Å². The number of ether oxygens (including phenoxy) is 2. The number of anilines is 1. The number of thiophene rings is 1. The monoisotopic (exact) mass is 413 g/mol. The Hall–Kier alpha value is -2.87. The summed E-state index contributed by atoms with van der Waals surface area (Å²) in [4.78, 5) is 34.5. The Morgan fingerprint density at radius 1 is 1.34 bits per heavy atom. The Bertz CT molecular complexity index is 1070. The number of nitrogens with zero attached hydrogens (tertiary/aromatic N) is 2. The molecule has 3 heterocycles. The lowest BCUT2D eigenvalue weighted by atomic mass is 9.98. The molecule has 1 saturated heterocycles. The van der Waals surface area contributed by atoms with Gasteiger partial charge in [-0.15, -0.1) is 11.3 Å². The van der Waals surface area contributed by atoms with Crippen LogP contribution >= 0.6 is 11.3 Å². The first kappa shape index (κ1) is 19.4. The van der Waals surface area contributed by atoms with E-state index in [2.05, 4.69) is 4.98 Å². The number of methoxy groups -OCH3 is 1. The van der Waals surface area contributed by atoms with Crippen molar-refractivity contribution in [2.45, 2.75) is 19.8 Å². The normalized spacial score (nSPS) is 16.8. The third-order valence-electron chi connectivity index (χ3n) is 5.16. The van der Waals surface area contributed by atoms with Crippen LogP contribution in [0.3, 0.4) is 0 Å². The predicted octanol–water partition coefficient (Wildman–Crippen LogP) is 3.44. The van der Waals surface area contributed by atoms with Gasteiger partial charge in [0.05, 0.1) is 25.2 Å². The minimum Gasteiger partial charge on any atom is -0.497 e. The smallest absolute Gasteiger partial charge is 0.310 e. The molecule has 0 aliphatic carbocycles. The zero-order valence-electron chi connectivity index (χ0n) is 16.4. The summed E-state index contributed by atoms with van der Waals surface area (Å²) in [6.45, 7) is 3.42. The van der Waals surface area contributed by atoms with E-state index in [0.717, 1.165) is 36.3 Å². The fourth-order valence-electron chi connectivity index (χ4n) is 3.66. The van der Waals surface area contributed by atoms with Crippen LogP contribution in [0.4, 0.5) is 5.95 Å². The first-order valence-electron chi connectivity index (χ1n) is 9.68. The zero-order chi connectivity index (χ0) is 20.4. The third kappa shape index (κ3) is 3.85. The zero-order valence-corrected chi connectivity index (χ0v) is 17.3. The average Bonchev–Trinajstić information content (AvgIpc) is 3.19. The molecule has 1 aliphatic heterocycles. The highest BCUT2D eigenvalue weighted by atomic mass is 32.1. The Morgan fingerprint density at radius 2 is 2.14 bits per heavy atom. The van der Waals surface area contributed by atoms with Gasteiger partial charge in [0.25, 0.3) is 5.56 Å². The van der Waals surface area contributed by atoms with Gasteiger partial charge in [0.1, 0.15) is 10.4 Å². The van der Waals surface area contributed by atoms with Crippen LogP contribution in [-0.2, 0) is 9.53 Å². The van der Waals surface area contributed by atoms with Crippen molar-refractivity contribution < 1.29 is 14.3 Å². The Morgan fingerprint density at radius 3 is 2.86 bits per heavy atom. The van der Waals surface area contributed by atoms with Crippen molar-refractivity contribution in [1.82, 2.24) is 9.97 Å². The Kier molecular flexibility index (Phi) is 5.53. The minimum absolute atomic E-state index is 0.159. The number of carbonyl (C=O) groups excluding carboxylic acids is 1. The molecule has 0 spiro atoms. The first-order chi connectivity index (χ1) is 14.1. The van der Waals surface area contributed by atoms with Crippen LogP contribution < -0.4 is 15.2 Å². The quantitative estimate of drug-likeness (QED) is 0.645. The molecule has 0 unspecified atom stereocenters. The largest absolute Gasteiger partial charge is 0.497 e. The number of aromatic nitrogens is 2. The first-order valence-corrected chi connectivity index (χ1v) is 10.6. The summed E-state index contributed by atoms with van der Waals surface area (Å²) in [7, 11) is 1.63. The highest BCUT2D eigenvalue weighted by molar-refractivity contribution is 7.17. The lowest BCUT2D eigenvalue weighted by molar-refractivity contribution is -0.148. The average molecular weight is 413 g/mol. The molecule has 0 amide bonds. The van der Waals surface area contributed by atoms with Crippen LogP contribution in [0.2, 0.25) is 0 Å². The number of nitrogens with one attached hydrogen (secondary N) is 1. The minimum atomic E-state index is -0.201. The van der Waals surface area contributed by atoms with E-state index in [4.69, 9.17) is 14.5 Å².